The summed E-state index contributed by atoms with van der Waals surface area (Å²) in [7, 11) is -10.5. The lowest BCUT2D eigenvalue weighted by Crippen LogP contribution is -2.46. The van der Waals surface area contributed by atoms with Crippen molar-refractivity contribution in [3.05, 3.63) is 125 Å². The third kappa shape index (κ3) is 9.64. The molecule has 1 atom stereocenters. The molecule has 10 nitrogen and oxygen atoms in total. The largest absolute Gasteiger partial charge is 0.501 e. The Labute approximate surface area is 346 Å². The van der Waals surface area contributed by atoms with E-state index >= 15 is 0 Å². The lowest BCUT2D eigenvalue weighted by atomic mass is 9.96. The van der Waals surface area contributed by atoms with Gasteiger partial charge in [0.15, 0.2) is 0 Å². The van der Waals surface area contributed by atoms with Crippen molar-refractivity contribution in [2.24, 2.45) is 0 Å². The first-order chi connectivity index (χ1) is 27.7. The highest BCUT2D eigenvalue weighted by atomic mass is 35.5. The monoisotopic (exact) mass is 870 g/mol. The number of piperidine rings is 1. The maximum absolute atomic E-state index is 13.9. The smallest absolute Gasteiger partial charge is 0.381 e. The van der Waals surface area contributed by atoms with E-state index in [0.29, 0.717) is 53.7 Å². The highest BCUT2D eigenvalue weighted by Crippen LogP contribution is 2.37. The zero-order valence-corrected chi connectivity index (χ0v) is 34.7. The third-order valence-electron chi connectivity index (χ3n) is 10.4. The van der Waals surface area contributed by atoms with Crippen molar-refractivity contribution >= 4 is 54.7 Å². The standard InChI is InChI=1S/C41H42ClF3N6O4S3/c1-28(26-56-33-8-3-2-4-9-33)48-37-16-15-34(23-39(37)57(52,53)41(43,44)45)58(54,55)49-40-36-19-22-51(25-38(36)46-27-47-40)32-17-20-50(21-18-32)24-30-7-5-6-10-35(30)29-11-13-31(42)14-12-29/h2-16,23,27-28,32,48H,17-22,24-26H2,1H3,(H,46,47,49)/t28-/m1/s1. The molecule has 17 heteroatoms. The molecule has 2 N–H and O–H groups in total. The zero-order valence-electron chi connectivity index (χ0n) is 31.5. The number of nitrogens with one attached hydrogen (secondary N) is 2. The summed E-state index contributed by atoms with van der Waals surface area (Å²) in [5.74, 6) is 0.403. The zero-order chi connectivity index (χ0) is 41.1. The highest BCUT2D eigenvalue weighted by Gasteiger charge is 2.48. The van der Waals surface area contributed by atoms with Crippen LogP contribution in [-0.2, 0) is 39.4 Å². The predicted octanol–water partition coefficient (Wildman–Crippen LogP) is 8.51. The summed E-state index contributed by atoms with van der Waals surface area (Å²) in [4.78, 5) is 12.6. The molecule has 0 unspecified atom stereocenters. The molecule has 7 rings (SSSR count). The number of rotatable bonds is 13. The average Bonchev–Trinajstić information content (AvgIpc) is 3.21. The van der Waals surface area contributed by atoms with Crippen LogP contribution >= 0.6 is 23.4 Å². The number of hydrogen-bond acceptors (Lipinski definition) is 10. The van der Waals surface area contributed by atoms with E-state index in [4.69, 9.17) is 11.6 Å². The van der Waals surface area contributed by atoms with Crippen LogP contribution in [0.25, 0.3) is 11.1 Å². The van der Waals surface area contributed by atoms with E-state index in [0.717, 1.165) is 55.1 Å². The predicted molar refractivity (Wildman–Crippen MR) is 222 cm³/mol. The third-order valence-corrected chi connectivity index (χ3v) is 14.8. The number of aromatic nitrogens is 2. The summed E-state index contributed by atoms with van der Waals surface area (Å²) in [6.45, 7) is 5.44. The van der Waals surface area contributed by atoms with E-state index in [1.165, 1.54) is 29.2 Å². The molecule has 2 aliphatic heterocycles. The molecule has 4 aromatic carbocycles. The Morgan fingerprint density at radius 2 is 1.60 bits per heavy atom. The molecule has 0 bridgehead atoms. The summed E-state index contributed by atoms with van der Waals surface area (Å²) < 4.78 is 97.1. The highest BCUT2D eigenvalue weighted by molar-refractivity contribution is 7.99. The van der Waals surface area contributed by atoms with Crippen LogP contribution in [0.3, 0.4) is 0 Å². The lowest BCUT2D eigenvalue weighted by molar-refractivity contribution is -0.0435. The fourth-order valence-corrected chi connectivity index (χ4v) is 10.5. The van der Waals surface area contributed by atoms with Gasteiger partial charge in [0.1, 0.15) is 17.0 Å². The molecule has 1 aromatic heterocycles. The van der Waals surface area contributed by atoms with Gasteiger partial charge in [-0.15, -0.1) is 11.8 Å². The molecule has 0 amide bonds. The Balaban J connectivity index is 1.02. The van der Waals surface area contributed by atoms with Crippen LogP contribution < -0.4 is 10.0 Å². The first-order valence-electron chi connectivity index (χ1n) is 18.7. The number of likely N-dealkylation sites (tertiary alicyclic amines) is 1. The number of alkyl halides is 3. The second kappa shape index (κ2) is 17.6. The Hall–Kier alpha value is -4.19. The van der Waals surface area contributed by atoms with Crippen molar-refractivity contribution in [1.29, 1.82) is 0 Å². The van der Waals surface area contributed by atoms with E-state index in [-0.39, 0.29) is 11.5 Å². The van der Waals surface area contributed by atoms with Gasteiger partial charge in [-0.05, 0) is 98.4 Å². The minimum atomic E-state index is -5.94. The van der Waals surface area contributed by atoms with Crippen LogP contribution in [0.2, 0.25) is 5.02 Å². The van der Waals surface area contributed by atoms with Crippen molar-refractivity contribution < 1.29 is 30.0 Å². The number of nitrogens with zero attached hydrogens (tertiary/aromatic N) is 4. The molecule has 58 heavy (non-hydrogen) atoms. The number of sulfone groups is 1. The normalized spacial score (nSPS) is 16.4. The van der Waals surface area contributed by atoms with Crippen molar-refractivity contribution in [2.45, 2.75) is 71.6 Å². The van der Waals surface area contributed by atoms with Crippen LogP contribution in [0.4, 0.5) is 24.7 Å². The van der Waals surface area contributed by atoms with E-state index in [1.54, 1.807) is 6.92 Å². The summed E-state index contributed by atoms with van der Waals surface area (Å²) in [6.07, 6.45) is 3.59. The Morgan fingerprint density at radius 3 is 2.33 bits per heavy atom. The van der Waals surface area contributed by atoms with Crippen LogP contribution in [-0.4, -0.2) is 79.6 Å². The van der Waals surface area contributed by atoms with Gasteiger partial charge in [-0.3, -0.25) is 14.5 Å². The molecule has 0 radical (unpaired) electrons. The number of fused-ring (bicyclic) bond motifs is 1. The average molecular weight is 871 g/mol. The molecule has 0 spiro atoms. The van der Waals surface area contributed by atoms with Gasteiger partial charge in [0.2, 0.25) is 0 Å². The number of thioether (sulfide) groups is 1. The summed E-state index contributed by atoms with van der Waals surface area (Å²) in [5.41, 5.74) is -1.24. The second-order valence-corrected chi connectivity index (χ2v) is 19.5. The topological polar surface area (TPSA) is 125 Å². The first-order valence-corrected chi connectivity index (χ1v) is 23.1. The van der Waals surface area contributed by atoms with Crippen molar-refractivity contribution in [1.82, 2.24) is 19.8 Å². The SMILES string of the molecule is C[C@H](CSc1ccccc1)Nc1ccc(S(=O)(=O)Nc2ncnc3c2CCN(C2CCN(Cc4ccccc4-c4ccc(Cl)cc4)CC2)C3)cc1S(=O)(=O)C(F)(F)F. The van der Waals surface area contributed by atoms with Gasteiger partial charge in [-0.2, -0.15) is 13.2 Å². The molecule has 2 aliphatic rings. The Bertz CT molecular complexity index is 2450. The van der Waals surface area contributed by atoms with Gasteiger partial charge < -0.3 is 5.32 Å². The molecule has 5 aromatic rings. The summed E-state index contributed by atoms with van der Waals surface area (Å²) >= 11 is 7.56. The molecule has 1 fully saturated rings. The Morgan fingerprint density at radius 1 is 0.897 bits per heavy atom. The van der Waals surface area contributed by atoms with E-state index in [1.807, 2.05) is 60.7 Å². The molecular weight excluding hydrogens is 829 g/mol. The van der Waals surface area contributed by atoms with Gasteiger partial charge in [0.05, 0.1) is 16.3 Å². The van der Waals surface area contributed by atoms with Crippen LogP contribution in [0.5, 0.6) is 0 Å². The number of sulfonamides is 1. The van der Waals surface area contributed by atoms with Crippen molar-refractivity contribution in [3.8, 4) is 11.1 Å². The number of halogens is 4. The van der Waals surface area contributed by atoms with Crippen LogP contribution in [0.1, 0.15) is 36.6 Å². The van der Waals surface area contributed by atoms with Gasteiger partial charge in [0.25, 0.3) is 19.9 Å². The lowest BCUT2D eigenvalue weighted by Gasteiger charge is -2.40. The van der Waals surface area contributed by atoms with E-state index < -0.39 is 41.2 Å². The van der Waals surface area contributed by atoms with E-state index in [9.17, 15) is 30.0 Å². The maximum Gasteiger partial charge on any atom is 0.501 e. The van der Waals surface area contributed by atoms with Crippen LogP contribution in [0, 0.1) is 0 Å². The number of benzene rings is 4. The maximum atomic E-state index is 13.9. The van der Waals surface area contributed by atoms with Crippen LogP contribution in [0.15, 0.2) is 118 Å². The number of hydrogen-bond donors (Lipinski definition) is 2. The summed E-state index contributed by atoms with van der Waals surface area (Å²) in [5, 5.41) is 3.53. The molecule has 306 valence electrons. The van der Waals surface area contributed by atoms with Gasteiger partial charge in [-0.1, -0.05) is 66.2 Å². The van der Waals surface area contributed by atoms with Crippen molar-refractivity contribution in [3.63, 3.8) is 0 Å². The molecule has 1 saturated heterocycles. The van der Waals surface area contributed by atoms with Gasteiger partial charge in [-0.25, -0.2) is 26.8 Å². The minimum absolute atomic E-state index is 0.00723. The summed E-state index contributed by atoms with van der Waals surface area (Å²) in [6, 6.07) is 28.1. The Kier molecular flexibility index (Phi) is 12.7. The van der Waals surface area contributed by atoms with E-state index in [2.05, 4.69) is 48.0 Å². The fraction of sp³-hybridized carbons (Fsp3) is 0.317. The minimum Gasteiger partial charge on any atom is -0.381 e. The first kappa shape index (κ1) is 42.0. The second-order valence-electron chi connectivity index (χ2n) is 14.4. The molecule has 3 heterocycles. The molecular formula is C41H42ClF3N6O4S3. The quantitative estimate of drug-likeness (QED) is 0.111. The van der Waals surface area contributed by atoms with Gasteiger partial charge in [0, 0.05) is 53.0 Å². The van der Waals surface area contributed by atoms with Crippen molar-refractivity contribution in [2.75, 3.05) is 35.4 Å². The molecule has 0 saturated carbocycles. The fourth-order valence-electron chi connectivity index (χ4n) is 7.39. The number of anilines is 2. The molecule has 0 aliphatic carbocycles. The van der Waals surface area contributed by atoms with Gasteiger partial charge >= 0.3 is 5.51 Å².